The maximum atomic E-state index is 12.3. The number of amides is 2. The van der Waals surface area contributed by atoms with Gasteiger partial charge in [0.05, 0.1) is 7.11 Å². The Morgan fingerprint density at radius 3 is 2.21 bits per heavy atom. The van der Waals surface area contributed by atoms with E-state index in [0.717, 1.165) is 0 Å². The molecule has 0 spiro atoms. The molecule has 2 N–H and O–H groups in total. The zero-order valence-corrected chi connectivity index (χ0v) is 14.1. The average Bonchev–Trinajstić information content (AvgIpc) is 2.59. The van der Waals surface area contributed by atoms with E-state index < -0.39 is 0 Å². The molecule has 2 aromatic carbocycles. The van der Waals surface area contributed by atoms with Crippen LogP contribution >= 0.6 is 0 Å². The summed E-state index contributed by atoms with van der Waals surface area (Å²) < 4.78 is 5.13. The number of rotatable bonds is 6. The maximum Gasteiger partial charge on any atom is 0.255 e. The molecule has 2 amide bonds. The second kappa shape index (κ2) is 8.15. The van der Waals surface area contributed by atoms with E-state index in [1.807, 2.05) is 13.8 Å². The lowest BCUT2D eigenvalue weighted by molar-refractivity contribution is 0.0947. The van der Waals surface area contributed by atoms with Crippen LogP contribution in [0.2, 0.25) is 0 Å². The van der Waals surface area contributed by atoms with E-state index in [2.05, 4.69) is 10.6 Å². The number of carbonyl (C=O) groups is 2. The van der Waals surface area contributed by atoms with Crippen LogP contribution < -0.4 is 15.4 Å². The van der Waals surface area contributed by atoms with Crippen molar-refractivity contribution in [3.63, 3.8) is 0 Å². The lowest BCUT2D eigenvalue weighted by Gasteiger charge is -2.09. The molecule has 0 aliphatic heterocycles. The van der Waals surface area contributed by atoms with Gasteiger partial charge in [0, 0.05) is 29.4 Å². The molecule has 0 atom stereocenters. The van der Waals surface area contributed by atoms with Crippen LogP contribution in [0.5, 0.6) is 5.75 Å². The molecule has 0 saturated heterocycles. The molecule has 0 radical (unpaired) electrons. The smallest absolute Gasteiger partial charge is 0.255 e. The Labute approximate surface area is 142 Å². The van der Waals surface area contributed by atoms with E-state index in [1.165, 1.54) is 0 Å². The van der Waals surface area contributed by atoms with Gasteiger partial charge in [0.1, 0.15) is 5.75 Å². The van der Waals surface area contributed by atoms with Gasteiger partial charge < -0.3 is 15.4 Å². The van der Waals surface area contributed by atoms with E-state index >= 15 is 0 Å². The Morgan fingerprint density at radius 1 is 1.00 bits per heavy atom. The summed E-state index contributed by atoms with van der Waals surface area (Å²) in [6.45, 7) is 4.69. The highest BCUT2D eigenvalue weighted by molar-refractivity contribution is 6.05. The summed E-state index contributed by atoms with van der Waals surface area (Å²) in [5, 5.41) is 5.65. The Hall–Kier alpha value is -2.82. The average molecular weight is 326 g/mol. The molecule has 2 aromatic rings. The zero-order chi connectivity index (χ0) is 17.5. The summed E-state index contributed by atoms with van der Waals surface area (Å²) in [5.74, 6) is 0.688. The highest BCUT2D eigenvalue weighted by Gasteiger charge is 2.10. The van der Waals surface area contributed by atoms with E-state index in [-0.39, 0.29) is 11.8 Å². The summed E-state index contributed by atoms with van der Waals surface area (Å²) in [6.07, 6.45) is 0. The number of hydrogen-bond acceptors (Lipinski definition) is 3. The van der Waals surface area contributed by atoms with Crippen molar-refractivity contribution >= 4 is 17.5 Å². The van der Waals surface area contributed by atoms with Crippen molar-refractivity contribution in [3.8, 4) is 5.75 Å². The standard InChI is InChI=1S/C19H22N2O3/c1-13(2)12-20-18(22)14-7-9-15(10-8-14)19(23)21-16-5-4-6-17(11-16)24-3/h4-11,13H,12H2,1-3H3,(H,20,22)(H,21,23). The summed E-state index contributed by atoms with van der Waals surface area (Å²) in [5.41, 5.74) is 1.67. The fourth-order valence-electron chi connectivity index (χ4n) is 2.08. The monoisotopic (exact) mass is 326 g/mol. The van der Waals surface area contributed by atoms with Gasteiger partial charge in [-0.15, -0.1) is 0 Å². The first-order valence-electron chi connectivity index (χ1n) is 7.83. The van der Waals surface area contributed by atoms with Gasteiger partial charge >= 0.3 is 0 Å². The number of nitrogens with one attached hydrogen (secondary N) is 2. The fourth-order valence-corrected chi connectivity index (χ4v) is 2.08. The molecule has 126 valence electrons. The predicted molar refractivity (Wildman–Crippen MR) is 94.6 cm³/mol. The minimum absolute atomic E-state index is 0.136. The Bertz CT molecular complexity index is 709. The lowest BCUT2D eigenvalue weighted by Crippen LogP contribution is -2.27. The lowest BCUT2D eigenvalue weighted by atomic mass is 10.1. The molecule has 0 aliphatic rings. The highest BCUT2D eigenvalue weighted by atomic mass is 16.5. The van der Waals surface area contributed by atoms with Gasteiger partial charge in [-0.25, -0.2) is 0 Å². The molecule has 0 aromatic heterocycles. The molecule has 5 heteroatoms. The number of methoxy groups -OCH3 is 1. The van der Waals surface area contributed by atoms with Crippen molar-refractivity contribution < 1.29 is 14.3 Å². The molecule has 0 bridgehead atoms. The molecule has 0 fully saturated rings. The number of anilines is 1. The minimum atomic E-state index is -0.239. The van der Waals surface area contributed by atoms with Crippen molar-refractivity contribution in [3.05, 3.63) is 59.7 Å². The van der Waals surface area contributed by atoms with Crippen LogP contribution in [-0.2, 0) is 0 Å². The molecule has 0 heterocycles. The van der Waals surface area contributed by atoms with Crippen LogP contribution in [0.4, 0.5) is 5.69 Å². The molecule has 5 nitrogen and oxygen atoms in total. The Morgan fingerprint density at radius 2 is 1.62 bits per heavy atom. The first kappa shape index (κ1) is 17.5. The van der Waals surface area contributed by atoms with Crippen molar-refractivity contribution in [1.82, 2.24) is 5.32 Å². The Kier molecular flexibility index (Phi) is 5.95. The normalized spacial score (nSPS) is 10.3. The van der Waals surface area contributed by atoms with Gasteiger partial charge in [0.25, 0.3) is 11.8 Å². The largest absolute Gasteiger partial charge is 0.497 e. The molecular weight excluding hydrogens is 304 g/mol. The highest BCUT2D eigenvalue weighted by Crippen LogP contribution is 2.17. The third-order valence-corrected chi connectivity index (χ3v) is 3.41. The third-order valence-electron chi connectivity index (χ3n) is 3.41. The van der Waals surface area contributed by atoms with Gasteiger partial charge in [-0.3, -0.25) is 9.59 Å². The SMILES string of the molecule is COc1cccc(NC(=O)c2ccc(C(=O)NCC(C)C)cc2)c1. The predicted octanol–water partition coefficient (Wildman–Crippen LogP) is 3.33. The van der Waals surface area contributed by atoms with Crippen LogP contribution in [0.15, 0.2) is 48.5 Å². The van der Waals surface area contributed by atoms with Crippen molar-refractivity contribution in [2.75, 3.05) is 19.0 Å². The van der Waals surface area contributed by atoms with Crippen LogP contribution in [0.1, 0.15) is 34.6 Å². The van der Waals surface area contributed by atoms with Gasteiger partial charge in [-0.2, -0.15) is 0 Å². The first-order chi connectivity index (χ1) is 11.5. The molecular formula is C19H22N2O3. The van der Waals surface area contributed by atoms with E-state index in [1.54, 1.807) is 55.6 Å². The van der Waals surface area contributed by atoms with Gasteiger partial charge in [-0.05, 0) is 42.3 Å². The summed E-state index contributed by atoms with van der Waals surface area (Å²) in [7, 11) is 1.57. The summed E-state index contributed by atoms with van der Waals surface area (Å²) in [6, 6.07) is 13.7. The Balaban J connectivity index is 2.01. The second-order valence-corrected chi connectivity index (χ2v) is 5.87. The van der Waals surface area contributed by atoms with Crippen molar-refractivity contribution in [2.45, 2.75) is 13.8 Å². The zero-order valence-electron chi connectivity index (χ0n) is 14.1. The first-order valence-corrected chi connectivity index (χ1v) is 7.83. The molecule has 0 saturated carbocycles. The van der Waals surface area contributed by atoms with E-state index in [9.17, 15) is 9.59 Å². The van der Waals surface area contributed by atoms with Gasteiger partial charge in [0.15, 0.2) is 0 Å². The summed E-state index contributed by atoms with van der Waals surface area (Å²) in [4.78, 5) is 24.2. The minimum Gasteiger partial charge on any atom is -0.497 e. The van der Waals surface area contributed by atoms with Crippen LogP contribution in [-0.4, -0.2) is 25.5 Å². The van der Waals surface area contributed by atoms with Crippen LogP contribution in [0, 0.1) is 5.92 Å². The number of ether oxygens (including phenoxy) is 1. The van der Waals surface area contributed by atoms with E-state index in [0.29, 0.717) is 35.0 Å². The van der Waals surface area contributed by atoms with E-state index in [4.69, 9.17) is 4.74 Å². The number of carbonyl (C=O) groups excluding carboxylic acids is 2. The fraction of sp³-hybridized carbons (Fsp3) is 0.263. The number of benzene rings is 2. The molecule has 2 rings (SSSR count). The van der Waals surface area contributed by atoms with Crippen molar-refractivity contribution in [1.29, 1.82) is 0 Å². The van der Waals surface area contributed by atoms with Crippen LogP contribution in [0.3, 0.4) is 0 Å². The molecule has 24 heavy (non-hydrogen) atoms. The third kappa shape index (κ3) is 4.84. The maximum absolute atomic E-state index is 12.3. The summed E-state index contributed by atoms with van der Waals surface area (Å²) >= 11 is 0. The molecule has 0 aliphatic carbocycles. The molecule has 0 unspecified atom stereocenters. The second-order valence-electron chi connectivity index (χ2n) is 5.87. The van der Waals surface area contributed by atoms with Crippen LogP contribution in [0.25, 0.3) is 0 Å². The number of hydrogen-bond donors (Lipinski definition) is 2. The topological polar surface area (TPSA) is 67.4 Å². The van der Waals surface area contributed by atoms with Gasteiger partial charge in [0.2, 0.25) is 0 Å². The quantitative estimate of drug-likeness (QED) is 0.855. The van der Waals surface area contributed by atoms with Crippen molar-refractivity contribution in [2.24, 2.45) is 5.92 Å². The van der Waals surface area contributed by atoms with Gasteiger partial charge in [-0.1, -0.05) is 19.9 Å².